The molecule has 0 heterocycles. The second-order valence-electron chi connectivity index (χ2n) is 7.61. The van der Waals surface area contributed by atoms with Crippen molar-refractivity contribution in [3.8, 4) is 0 Å². The average Bonchev–Trinajstić information content (AvgIpc) is 2.73. The van der Waals surface area contributed by atoms with Gasteiger partial charge >= 0.3 is 6.09 Å². The molecule has 0 aliphatic heterocycles. The summed E-state index contributed by atoms with van der Waals surface area (Å²) in [6, 6.07) is 0. The van der Waals surface area contributed by atoms with Gasteiger partial charge in [0.2, 0.25) is 17.7 Å². The highest BCUT2D eigenvalue weighted by Gasteiger charge is 2.03. The second-order valence-corrected chi connectivity index (χ2v) is 7.61. The molecule has 0 radical (unpaired) electrons. The Balaban J connectivity index is 3.32. The maximum atomic E-state index is 11.7. The zero-order chi connectivity index (χ0) is 23.9. The van der Waals surface area contributed by atoms with Crippen LogP contribution in [0.5, 0.6) is 0 Å². The molecule has 10 heteroatoms. The van der Waals surface area contributed by atoms with Gasteiger partial charge < -0.3 is 30.7 Å². The molecule has 10 nitrogen and oxygen atoms in total. The third-order valence-electron chi connectivity index (χ3n) is 4.45. The van der Waals surface area contributed by atoms with Crippen LogP contribution in [0.2, 0.25) is 0 Å². The number of ether oxygens (including phenoxy) is 2. The van der Waals surface area contributed by atoms with Gasteiger partial charge in [-0.2, -0.15) is 0 Å². The van der Waals surface area contributed by atoms with Gasteiger partial charge in [-0.05, 0) is 25.7 Å². The molecule has 0 rings (SSSR count). The fourth-order valence-corrected chi connectivity index (χ4v) is 2.75. The van der Waals surface area contributed by atoms with Crippen LogP contribution in [-0.2, 0) is 23.9 Å². The molecular formula is C22H42N4O6. The Labute approximate surface area is 191 Å². The van der Waals surface area contributed by atoms with E-state index in [2.05, 4.69) is 21.3 Å². The molecule has 0 fully saturated rings. The molecule has 32 heavy (non-hydrogen) atoms. The molecule has 0 bridgehead atoms. The standard InChI is InChI=1S/C22H42N4O6/c1-19(27)23-12-7-3-5-9-14-25-21(29)18-31-16-11-17-32-22(30)26-15-10-6-4-8-13-24-20(2)28/h3-18H2,1-2H3,(H,23,27)(H,24,28)(H,25,29)(H,26,30). The van der Waals surface area contributed by atoms with Crippen molar-refractivity contribution in [3.05, 3.63) is 0 Å². The Morgan fingerprint density at radius 3 is 1.53 bits per heavy atom. The number of unbranched alkanes of at least 4 members (excludes halogenated alkanes) is 6. The van der Waals surface area contributed by atoms with Crippen molar-refractivity contribution in [2.45, 2.75) is 71.6 Å². The van der Waals surface area contributed by atoms with E-state index in [1.54, 1.807) is 0 Å². The number of amides is 4. The molecule has 0 spiro atoms. The number of hydrogen-bond acceptors (Lipinski definition) is 6. The molecule has 0 saturated heterocycles. The summed E-state index contributed by atoms with van der Waals surface area (Å²) in [6.07, 6.45) is 7.71. The quantitative estimate of drug-likeness (QED) is 0.205. The van der Waals surface area contributed by atoms with Crippen molar-refractivity contribution in [1.29, 1.82) is 0 Å². The normalized spacial score (nSPS) is 10.3. The largest absolute Gasteiger partial charge is 0.449 e. The lowest BCUT2D eigenvalue weighted by Crippen LogP contribution is -2.29. The Bertz CT molecular complexity index is 485. The van der Waals surface area contributed by atoms with Gasteiger partial charge in [-0.3, -0.25) is 14.4 Å². The summed E-state index contributed by atoms with van der Waals surface area (Å²) >= 11 is 0. The highest BCUT2D eigenvalue weighted by molar-refractivity contribution is 5.77. The minimum atomic E-state index is -0.446. The van der Waals surface area contributed by atoms with Crippen LogP contribution in [0.3, 0.4) is 0 Å². The van der Waals surface area contributed by atoms with E-state index in [-0.39, 0.29) is 30.9 Å². The van der Waals surface area contributed by atoms with E-state index in [0.29, 0.717) is 39.2 Å². The lowest BCUT2D eigenvalue weighted by molar-refractivity contribution is -0.126. The topological polar surface area (TPSA) is 135 Å². The van der Waals surface area contributed by atoms with Crippen molar-refractivity contribution < 1.29 is 28.7 Å². The summed E-state index contributed by atoms with van der Waals surface area (Å²) < 4.78 is 10.3. The van der Waals surface area contributed by atoms with Gasteiger partial charge in [-0.1, -0.05) is 25.7 Å². The number of carbonyl (C=O) groups excluding carboxylic acids is 4. The predicted molar refractivity (Wildman–Crippen MR) is 122 cm³/mol. The monoisotopic (exact) mass is 458 g/mol. The summed E-state index contributed by atoms with van der Waals surface area (Å²) in [5.74, 6) is -0.174. The summed E-state index contributed by atoms with van der Waals surface area (Å²) in [5, 5.41) is 11.0. The van der Waals surface area contributed by atoms with Crippen LogP contribution in [0.15, 0.2) is 0 Å². The van der Waals surface area contributed by atoms with Crippen LogP contribution in [0.1, 0.15) is 71.6 Å². The van der Waals surface area contributed by atoms with Crippen molar-refractivity contribution in [2.75, 3.05) is 46.0 Å². The Hall–Kier alpha value is -2.36. The first-order valence-corrected chi connectivity index (χ1v) is 11.7. The van der Waals surface area contributed by atoms with E-state index < -0.39 is 6.09 Å². The number of nitrogens with one attached hydrogen (secondary N) is 4. The van der Waals surface area contributed by atoms with E-state index in [4.69, 9.17) is 9.47 Å². The smallest absolute Gasteiger partial charge is 0.407 e. The van der Waals surface area contributed by atoms with Gasteiger partial charge in [0.05, 0.1) is 13.2 Å². The molecule has 0 atom stereocenters. The van der Waals surface area contributed by atoms with Crippen molar-refractivity contribution >= 4 is 23.8 Å². The van der Waals surface area contributed by atoms with Crippen molar-refractivity contribution in [1.82, 2.24) is 21.3 Å². The summed E-state index contributed by atoms with van der Waals surface area (Å²) in [5.41, 5.74) is 0. The highest BCUT2D eigenvalue weighted by Crippen LogP contribution is 1.99. The molecule has 0 unspecified atom stereocenters. The molecule has 0 aliphatic rings. The molecule has 0 aromatic rings. The van der Waals surface area contributed by atoms with Gasteiger partial charge in [0.1, 0.15) is 6.61 Å². The molecule has 0 aromatic heterocycles. The number of rotatable bonds is 20. The molecular weight excluding hydrogens is 416 g/mol. The fraction of sp³-hybridized carbons (Fsp3) is 0.818. The second kappa shape index (κ2) is 21.9. The molecule has 0 saturated carbocycles. The minimum Gasteiger partial charge on any atom is -0.449 e. The Kier molecular flexibility index (Phi) is 20.2. The zero-order valence-corrected chi connectivity index (χ0v) is 19.8. The van der Waals surface area contributed by atoms with Crippen LogP contribution in [0, 0.1) is 0 Å². The van der Waals surface area contributed by atoms with Crippen LogP contribution < -0.4 is 21.3 Å². The van der Waals surface area contributed by atoms with E-state index in [1.807, 2.05) is 0 Å². The lowest BCUT2D eigenvalue weighted by Gasteiger charge is -2.08. The first kappa shape index (κ1) is 29.6. The average molecular weight is 459 g/mol. The summed E-state index contributed by atoms with van der Waals surface area (Å²) in [7, 11) is 0. The highest BCUT2D eigenvalue weighted by atomic mass is 16.5. The molecule has 0 aliphatic carbocycles. The maximum absolute atomic E-state index is 11.7. The first-order chi connectivity index (χ1) is 15.4. The summed E-state index contributed by atoms with van der Waals surface area (Å²) in [4.78, 5) is 44.6. The SMILES string of the molecule is CC(=O)NCCCCCCNC(=O)COCCCOC(=O)NCCCCCCNC(C)=O. The van der Waals surface area contributed by atoms with Gasteiger partial charge in [0.15, 0.2) is 0 Å². The van der Waals surface area contributed by atoms with Gasteiger partial charge in [-0.15, -0.1) is 0 Å². The summed E-state index contributed by atoms with van der Waals surface area (Å²) in [6.45, 7) is 6.15. The zero-order valence-electron chi connectivity index (χ0n) is 19.8. The Morgan fingerprint density at radius 1 is 0.562 bits per heavy atom. The fourth-order valence-electron chi connectivity index (χ4n) is 2.75. The molecule has 4 amide bonds. The molecule has 186 valence electrons. The van der Waals surface area contributed by atoms with Crippen LogP contribution in [0.4, 0.5) is 4.79 Å². The van der Waals surface area contributed by atoms with Crippen LogP contribution >= 0.6 is 0 Å². The van der Waals surface area contributed by atoms with Crippen LogP contribution in [0.25, 0.3) is 0 Å². The third-order valence-corrected chi connectivity index (χ3v) is 4.45. The van der Waals surface area contributed by atoms with Crippen molar-refractivity contribution in [2.24, 2.45) is 0 Å². The number of carbonyl (C=O) groups is 4. The lowest BCUT2D eigenvalue weighted by atomic mass is 10.2. The van der Waals surface area contributed by atoms with Gasteiger partial charge in [-0.25, -0.2) is 4.79 Å². The molecule has 0 aromatic carbocycles. The Morgan fingerprint density at radius 2 is 1.03 bits per heavy atom. The minimum absolute atomic E-state index is 0.00331. The third kappa shape index (κ3) is 23.9. The van der Waals surface area contributed by atoms with E-state index >= 15 is 0 Å². The van der Waals surface area contributed by atoms with E-state index in [9.17, 15) is 19.2 Å². The number of hydrogen-bond donors (Lipinski definition) is 4. The first-order valence-electron chi connectivity index (χ1n) is 11.7. The van der Waals surface area contributed by atoms with E-state index in [0.717, 1.165) is 51.4 Å². The maximum Gasteiger partial charge on any atom is 0.407 e. The van der Waals surface area contributed by atoms with Crippen molar-refractivity contribution in [3.63, 3.8) is 0 Å². The van der Waals surface area contributed by atoms with Crippen LogP contribution in [-0.4, -0.2) is 69.8 Å². The van der Waals surface area contributed by atoms with Gasteiger partial charge in [0.25, 0.3) is 0 Å². The van der Waals surface area contributed by atoms with E-state index in [1.165, 1.54) is 13.8 Å². The predicted octanol–water partition coefficient (Wildman–Crippen LogP) is 1.63. The number of alkyl carbamates (subject to hydrolysis) is 1. The molecule has 4 N–H and O–H groups in total. The van der Waals surface area contributed by atoms with Gasteiger partial charge in [0, 0.05) is 46.4 Å².